The molecule has 45 heavy (non-hydrogen) atoms. The van der Waals surface area contributed by atoms with Crippen molar-refractivity contribution in [1.29, 1.82) is 0 Å². The summed E-state index contributed by atoms with van der Waals surface area (Å²) in [5, 5.41) is 7.98. The fourth-order valence-corrected chi connectivity index (χ4v) is 5.06. The van der Waals surface area contributed by atoms with E-state index in [4.69, 9.17) is 9.47 Å². The molecule has 2 aromatic carbocycles. The number of alkyl halides is 3. The van der Waals surface area contributed by atoms with Crippen molar-refractivity contribution in [2.24, 2.45) is 0 Å². The largest absolute Gasteiger partial charge is 0.494 e. The highest BCUT2D eigenvalue weighted by atomic mass is 19.4. The van der Waals surface area contributed by atoms with Crippen LogP contribution in [0.4, 0.5) is 17.6 Å². The number of rotatable bonds is 12. The molecule has 0 aliphatic heterocycles. The summed E-state index contributed by atoms with van der Waals surface area (Å²) in [5.41, 5.74) is 0.470. The first-order valence-electron chi connectivity index (χ1n) is 14.4. The van der Waals surface area contributed by atoms with Crippen LogP contribution in [0.15, 0.2) is 85.3 Å². The maximum atomic E-state index is 14.5. The Bertz CT molecular complexity index is 1730. The number of halogens is 4. The van der Waals surface area contributed by atoms with Gasteiger partial charge in [0.05, 0.1) is 25.1 Å². The first-order valence-corrected chi connectivity index (χ1v) is 14.4. The number of aryl methyl sites for hydroxylation is 1. The molecule has 0 fully saturated rings. The van der Waals surface area contributed by atoms with Gasteiger partial charge in [0.2, 0.25) is 0 Å². The summed E-state index contributed by atoms with van der Waals surface area (Å²) in [6.07, 6.45) is 0.951. The molecule has 8 nitrogen and oxygen atoms in total. The number of hydrogen-bond acceptors (Lipinski definition) is 6. The quantitative estimate of drug-likeness (QED) is 0.0827. The second-order valence-electron chi connectivity index (χ2n) is 10.4. The number of pyridine rings is 1. The van der Waals surface area contributed by atoms with E-state index in [1.165, 1.54) is 31.2 Å². The Kier molecular flexibility index (Phi) is 9.60. The molecule has 0 bridgehead atoms. The molecule has 0 saturated heterocycles. The summed E-state index contributed by atoms with van der Waals surface area (Å²) in [7, 11) is 0. The van der Waals surface area contributed by atoms with E-state index in [1.807, 2.05) is 48.1 Å². The molecule has 234 valence electrons. The highest BCUT2D eigenvalue weighted by Gasteiger charge is 2.41. The highest BCUT2D eigenvalue weighted by Crippen LogP contribution is 2.35. The highest BCUT2D eigenvalue weighted by molar-refractivity contribution is 5.90. The van der Waals surface area contributed by atoms with Crippen LogP contribution >= 0.6 is 0 Å². The number of esters is 1. The van der Waals surface area contributed by atoms with Crippen LogP contribution in [0.3, 0.4) is 0 Å². The van der Waals surface area contributed by atoms with Gasteiger partial charge in [0, 0.05) is 30.9 Å². The predicted octanol–water partition coefficient (Wildman–Crippen LogP) is 7.28. The molecule has 5 rings (SSSR count). The molecule has 3 aromatic heterocycles. The molecule has 12 heteroatoms. The maximum Gasteiger partial charge on any atom is 0.434 e. The van der Waals surface area contributed by atoms with Gasteiger partial charge in [0.25, 0.3) is 0 Å². The SMILES string of the molecule is CCOC(=O)c1cnn(-c2cccc(-c3cc(F)ccc3C(C)Cc3ccc(OCCCn4cccn4)cc3)n2)c1C(F)(F)F. The van der Waals surface area contributed by atoms with Crippen LogP contribution in [0.5, 0.6) is 5.75 Å². The third-order valence-corrected chi connectivity index (χ3v) is 7.13. The van der Waals surface area contributed by atoms with E-state index in [2.05, 4.69) is 15.2 Å². The molecule has 0 aliphatic rings. The van der Waals surface area contributed by atoms with Crippen molar-refractivity contribution in [1.82, 2.24) is 24.5 Å². The molecule has 5 aromatic rings. The van der Waals surface area contributed by atoms with Gasteiger partial charge in [0.15, 0.2) is 11.5 Å². The van der Waals surface area contributed by atoms with Crippen LogP contribution in [0.1, 0.15) is 53.4 Å². The van der Waals surface area contributed by atoms with Gasteiger partial charge in [-0.15, -0.1) is 0 Å². The molecule has 0 spiro atoms. The molecule has 0 N–H and O–H groups in total. The zero-order valence-electron chi connectivity index (χ0n) is 24.7. The fraction of sp³-hybridized carbons (Fsp3) is 0.273. The van der Waals surface area contributed by atoms with E-state index < -0.39 is 29.2 Å². The van der Waals surface area contributed by atoms with Gasteiger partial charge in [-0.25, -0.2) is 18.9 Å². The second-order valence-corrected chi connectivity index (χ2v) is 10.4. The lowest BCUT2D eigenvalue weighted by molar-refractivity contribution is -0.143. The van der Waals surface area contributed by atoms with Gasteiger partial charge in [-0.2, -0.15) is 23.4 Å². The first-order chi connectivity index (χ1) is 21.6. The molecular weight excluding hydrogens is 590 g/mol. The number of ether oxygens (including phenoxy) is 2. The smallest absolute Gasteiger partial charge is 0.434 e. The minimum absolute atomic E-state index is 0.0963. The Morgan fingerprint density at radius 2 is 1.82 bits per heavy atom. The number of hydrogen-bond donors (Lipinski definition) is 0. The maximum absolute atomic E-state index is 14.5. The lowest BCUT2D eigenvalue weighted by Crippen LogP contribution is -2.19. The van der Waals surface area contributed by atoms with Gasteiger partial charge in [-0.3, -0.25) is 4.68 Å². The Hall–Kier alpha value is -5.00. The molecule has 3 heterocycles. The molecule has 0 radical (unpaired) electrons. The minimum atomic E-state index is -4.92. The van der Waals surface area contributed by atoms with E-state index >= 15 is 0 Å². The predicted molar refractivity (Wildman–Crippen MR) is 159 cm³/mol. The zero-order valence-corrected chi connectivity index (χ0v) is 24.7. The standard InChI is InChI=1S/C33H31F4N5O3/c1-3-44-32(43)28-21-39-42(31(28)33(35,36)37)30-8-4-7-29(40-30)27-20-24(34)11-14-26(27)22(2)19-23-9-12-25(13-10-23)45-18-6-17-41-16-5-15-38-41/h4-5,7-16,20-22H,3,6,17-19H2,1-2H3. The normalized spacial score (nSPS) is 12.2. The molecule has 0 amide bonds. The van der Waals surface area contributed by atoms with Crippen molar-refractivity contribution < 1.29 is 31.8 Å². The third kappa shape index (κ3) is 7.57. The van der Waals surface area contributed by atoms with E-state index in [9.17, 15) is 22.4 Å². The first kappa shape index (κ1) is 31.4. The lowest BCUT2D eigenvalue weighted by Gasteiger charge is -2.18. The average Bonchev–Trinajstić information content (AvgIpc) is 3.71. The van der Waals surface area contributed by atoms with Gasteiger partial charge < -0.3 is 9.47 Å². The van der Waals surface area contributed by atoms with Crippen LogP contribution in [0.2, 0.25) is 0 Å². The monoisotopic (exact) mass is 621 g/mol. The van der Waals surface area contributed by atoms with E-state index in [-0.39, 0.29) is 24.0 Å². The van der Waals surface area contributed by atoms with Crippen LogP contribution in [-0.4, -0.2) is 43.7 Å². The van der Waals surface area contributed by atoms with Gasteiger partial charge in [-0.05, 0) is 72.9 Å². The fourth-order valence-electron chi connectivity index (χ4n) is 5.06. The number of nitrogens with zero attached hydrogens (tertiary/aromatic N) is 5. The number of benzene rings is 2. The van der Waals surface area contributed by atoms with Gasteiger partial charge >= 0.3 is 12.1 Å². The van der Waals surface area contributed by atoms with Gasteiger partial charge in [-0.1, -0.05) is 31.2 Å². The number of carbonyl (C=O) groups excluding carboxylic acids is 1. The zero-order chi connectivity index (χ0) is 32.0. The van der Waals surface area contributed by atoms with Crippen molar-refractivity contribution in [3.8, 4) is 22.8 Å². The topological polar surface area (TPSA) is 84.1 Å². The Morgan fingerprint density at radius 3 is 2.53 bits per heavy atom. The second kappa shape index (κ2) is 13.7. The third-order valence-electron chi connectivity index (χ3n) is 7.13. The molecule has 0 saturated carbocycles. The summed E-state index contributed by atoms with van der Waals surface area (Å²) in [6.45, 7) is 4.70. The summed E-state index contributed by atoms with van der Waals surface area (Å²) >= 11 is 0. The van der Waals surface area contributed by atoms with E-state index in [0.29, 0.717) is 23.3 Å². The van der Waals surface area contributed by atoms with Crippen molar-refractivity contribution in [3.05, 3.63) is 114 Å². The summed E-state index contributed by atoms with van der Waals surface area (Å²) < 4.78 is 69.8. The van der Waals surface area contributed by atoms with Crippen molar-refractivity contribution in [2.75, 3.05) is 13.2 Å². The molecule has 1 atom stereocenters. The van der Waals surface area contributed by atoms with Crippen molar-refractivity contribution in [2.45, 2.75) is 45.3 Å². The molecule has 0 aliphatic carbocycles. The van der Waals surface area contributed by atoms with Crippen molar-refractivity contribution >= 4 is 5.97 Å². The summed E-state index contributed by atoms with van der Waals surface area (Å²) in [4.78, 5) is 16.6. The Labute approximate surface area is 257 Å². The number of carbonyl (C=O) groups is 1. The van der Waals surface area contributed by atoms with E-state index in [0.717, 1.165) is 36.0 Å². The Morgan fingerprint density at radius 1 is 1.02 bits per heavy atom. The summed E-state index contributed by atoms with van der Waals surface area (Å²) in [6, 6.07) is 18.4. The van der Waals surface area contributed by atoms with Crippen LogP contribution < -0.4 is 4.74 Å². The van der Waals surface area contributed by atoms with Gasteiger partial charge in [0.1, 0.15) is 17.1 Å². The lowest BCUT2D eigenvalue weighted by atomic mass is 9.89. The van der Waals surface area contributed by atoms with Crippen LogP contribution in [0.25, 0.3) is 17.1 Å². The average molecular weight is 622 g/mol. The van der Waals surface area contributed by atoms with Crippen molar-refractivity contribution in [3.63, 3.8) is 0 Å². The Balaban J connectivity index is 1.35. The summed E-state index contributed by atoms with van der Waals surface area (Å²) in [5.74, 6) is -1.19. The van der Waals surface area contributed by atoms with E-state index in [1.54, 1.807) is 18.3 Å². The minimum Gasteiger partial charge on any atom is -0.494 e. The van der Waals surface area contributed by atoms with Crippen LogP contribution in [-0.2, 0) is 23.9 Å². The number of aromatic nitrogens is 5. The molecule has 1 unspecified atom stereocenters. The van der Waals surface area contributed by atoms with Crippen LogP contribution in [0, 0.1) is 5.82 Å². The molecular formula is C33H31F4N5O3.